The first-order chi connectivity index (χ1) is 15.3. The van der Waals surface area contributed by atoms with Gasteiger partial charge < -0.3 is 24.4 Å². The van der Waals surface area contributed by atoms with Crippen LogP contribution in [0.2, 0.25) is 5.02 Å². The third-order valence-corrected chi connectivity index (χ3v) is 5.83. The molecule has 0 spiro atoms. The minimum Gasteiger partial charge on any atom is -0.493 e. The number of halogens is 1. The summed E-state index contributed by atoms with van der Waals surface area (Å²) in [5.74, 6) is 0.605. The molecular weight excluding hydrogens is 432 g/mol. The van der Waals surface area contributed by atoms with Gasteiger partial charge in [0.2, 0.25) is 11.7 Å². The highest BCUT2D eigenvalue weighted by Crippen LogP contribution is 2.43. The standard InChI is InChI=1S/C24H29ClN2O5/c1-14(2)26-23(28)19-13-27(24(29)15-6-8-17(25)9-7-15)12-18(19)16-10-20(30-3)22(32-5)21(11-16)31-4/h6-11,14,18-19H,12-13H2,1-5H3,(H,26,28)/t18-,19-/m1/s1. The first-order valence-corrected chi connectivity index (χ1v) is 10.8. The van der Waals surface area contributed by atoms with Crippen LogP contribution >= 0.6 is 11.6 Å². The fourth-order valence-electron chi connectivity index (χ4n) is 4.06. The molecule has 0 radical (unpaired) electrons. The predicted octanol–water partition coefficient (Wildman–Crippen LogP) is 3.75. The van der Waals surface area contributed by atoms with E-state index in [0.29, 0.717) is 40.9 Å². The molecule has 1 heterocycles. The Labute approximate surface area is 193 Å². The molecule has 32 heavy (non-hydrogen) atoms. The van der Waals surface area contributed by atoms with Gasteiger partial charge in [-0.15, -0.1) is 0 Å². The van der Waals surface area contributed by atoms with Crippen molar-refractivity contribution in [2.75, 3.05) is 34.4 Å². The third kappa shape index (κ3) is 4.93. The number of likely N-dealkylation sites (tertiary alicyclic amines) is 1. The summed E-state index contributed by atoms with van der Waals surface area (Å²) in [5.41, 5.74) is 1.37. The van der Waals surface area contributed by atoms with Crippen LogP contribution in [0.5, 0.6) is 17.2 Å². The molecule has 0 unspecified atom stereocenters. The molecule has 0 aromatic heterocycles. The van der Waals surface area contributed by atoms with Crippen molar-refractivity contribution in [1.82, 2.24) is 10.2 Å². The topological polar surface area (TPSA) is 77.1 Å². The SMILES string of the molecule is COc1cc([C@H]2CN(C(=O)c3ccc(Cl)cc3)C[C@H]2C(=O)NC(C)C)cc(OC)c1OC. The smallest absolute Gasteiger partial charge is 0.253 e. The third-order valence-electron chi connectivity index (χ3n) is 5.58. The van der Waals surface area contributed by atoms with Gasteiger partial charge in [-0.2, -0.15) is 0 Å². The Morgan fingerprint density at radius 3 is 2.09 bits per heavy atom. The van der Waals surface area contributed by atoms with Crippen LogP contribution in [0.1, 0.15) is 35.7 Å². The van der Waals surface area contributed by atoms with Crippen LogP contribution in [0, 0.1) is 5.92 Å². The summed E-state index contributed by atoms with van der Waals surface area (Å²) in [6.45, 7) is 4.52. The normalized spacial score (nSPS) is 17.9. The Bertz CT molecular complexity index is 952. The molecule has 2 aromatic carbocycles. The summed E-state index contributed by atoms with van der Waals surface area (Å²) < 4.78 is 16.4. The van der Waals surface area contributed by atoms with Crippen LogP contribution in [0.4, 0.5) is 0 Å². The Kier molecular flexibility index (Phi) is 7.51. The van der Waals surface area contributed by atoms with Gasteiger partial charge in [-0.3, -0.25) is 9.59 Å². The highest BCUT2D eigenvalue weighted by Gasteiger charge is 2.41. The summed E-state index contributed by atoms with van der Waals surface area (Å²) in [5, 5.41) is 3.55. The summed E-state index contributed by atoms with van der Waals surface area (Å²) in [6.07, 6.45) is 0. The van der Waals surface area contributed by atoms with Gasteiger partial charge in [0.05, 0.1) is 27.2 Å². The van der Waals surface area contributed by atoms with E-state index in [1.54, 1.807) is 50.5 Å². The summed E-state index contributed by atoms with van der Waals surface area (Å²) in [7, 11) is 4.64. The molecule has 8 heteroatoms. The van der Waals surface area contributed by atoms with Gasteiger partial charge >= 0.3 is 0 Å². The zero-order chi connectivity index (χ0) is 23.4. The number of methoxy groups -OCH3 is 3. The maximum Gasteiger partial charge on any atom is 0.253 e. The van der Waals surface area contributed by atoms with Crippen molar-refractivity contribution in [3.8, 4) is 17.2 Å². The molecule has 1 saturated heterocycles. The molecule has 1 aliphatic heterocycles. The number of nitrogens with one attached hydrogen (secondary N) is 1. The molecule has 7 nitrogen and oxygen atoms in total. The van der Waals surface area contributed by atoms with E-state index >= 15 is 0 Å². The van der Waals surface area contributed by atoms with Crippen molar-refractivity contribution in [3.63, 3.8) is 0 Å². The minimum atomic E-state index is -0.420. The summed E-state index contributed by atoms with van der Waals surface area (Å²) in [4.78, 5) is 27.9. The van der Waals surface area contributed by atoms with Gasteiger partial charge in [-0.25, -0.2) is 0 Å². The van der Waals surface area contributed by atoms with Crippen molar-refractivity contribution in [2.45, 2.75) is 25.8 Å². The van der Waals surface area contributed by atoms with Gasteiger partial charge in [0.25, 0.3) is 5.91 Å². The number of amides is 2. The second kappa shape index (κ2) is 10.1. The van der Waals surface area contributed by atoms with E-state index < -0.39 is 5.92 Å². The Hall–Kier alpha value is -2.93. The quantitative estimate of drug-likeness (QED) is 0.681. The van der Waals surface area contributed by atoms with Crippen LogP contribution in [-0.4, -0.2) is 57.2 Å². The lowest BCUT2D eigenvalue weighted by Crippen LogP contribution is -2.39. The predicted molar refractivity (Wildman–Crippen MR) is 123 cm³/mol. The van der Waals surface area contributed by atoms with Crippen molar-refractivity contribution < 1.29 is 23.8 Å². The molecule has 2 amide bonds. The molecule has 172 valence electrons. The molecule has 2 aromatic rings. The molecule has 0 aliphatic carbocycles. The zero-order valence-corrected chi connectivity index (χ0v) is 19.7. The van der Waals surface area contributed by atoms with Gasteiger partial charge in [0.1, 0.15) is 0 Å². The van der Waals surface area contributed by atoms with Crippen LogP contribution < -0.4 is 19.5 Å². The maximum atomic E-state index is 13.2. The number of rotatable bonds is 7. The second-order valence-corrected chi connectivity index (χ2v) is 8.49. The van der Waals surface area contributed by atoms with Crippen molar-refractivity contribution in [3.05, 3.63) is 52.5 Å². The minimum absolute atomic E-state index is 0.0101. The van der Waals surface area contributed by atoms with Crippen LogP contribution in [0.25, 0.3) is 0 Å². The van der Waals surface area contributed by atoms with Gasteiger partial charge in [-0.1, -0.05) is 11.6 Å². The Balaban J connectivity index is 1.98. The number of carbonyl (C=O) groups excluding carboxylic acids is 2. The number of hydrogen-bond donors (Lipinski definition) is 1. The Morgan fingerprint density at radius 1 is 1.00 bits per heavy atom. The van der Waals surface area contributed by atoms with Crippen LogP contribution in [-0.2, 0) is 4.79 Å². The van der Waals surface area contributed by atoms with Gasteiger partial charge in [0, 0.05) is 35.6 Å². The molecule has 1 N–H and O–H groups in total. The second-order valence-electron chi connectivity index (χ2n) is 8.05. The van der Waals surface area contributed by atoms with Crippen LogP contribution in [0.15, 0.2) is 36.4 Å². The highest BCUT2D eigenvalue weighted by molar-refractivity contribution is 6.30. The van der Waals surface area contributed by atoms with E-state index in [1.165, 1.54) is 0 Å². The lowest BCUT2D eigenvalue weighted by atomic mass is 9.87. The fourth-order valence-corrected chi connectivity index (χ4v) is 4.18. The van der Waals surface area contributed by atoms with Gasteiger partial charge in [0.15, 0.2) is 11.5 Å². The zero-order valence-electron chi connectivity index (χ0n) is 19.0. The van der Waals surface area contributed by atoms with Crippen LogP contribution in [0.3, 0.4) is 0 Å². The molecular formula is C24H29ClN2O5. The van der Waals surface area contributed by atoms with Crippen molar-refractivity contribution in [1.29, 1.82) is 0 Å². The van der Waals surface area contributed by atoms with E-state index in [4.69, 9.17) is 25.8 Å². The molecule has 0 bridgehead atoms. The Morgan fingerprint density at radius 2 is 1.59 bits per heavy atom. The fraction of sp³-hybridized carbons (Fsp3) is 0.417. The lowest BCUT2D eigenvalue weighted by Gasteiger charge is -2.21. The summed E-state index contributed by atoms with van der Waals surface area (Å²) >= 11 is 5.96. The molecule has 3 rings (SSSR count). The number of benzene rings is 2. The summed E-state index contributed by atoms with van der Waals surface area (Å²) in [6, 6.07) is 10.4. The number of carbonyl (C=O) groups is 2. The monoisotopic (exact) mass is 460 g/mol. The van der Waals surface area contributed by atoms with E-state index in [2.05, 4.69) is 5.32 Å². The van der Waals surface area contributed by atoms with E-state index in [0.717, 1.165) is 5.56 Å². The van der Waals surface area contributed by atoms with Crippen molar-refractivity contribution >= 4 is 23.4 Å². The average Bonchev–Trinajstić information content (AvgIpc) is 3.23. The number of nitrogens with zero attached hydrogens (tertiary/aromatic N) is 1. The average molecular weight is 461 g/mol. The van der Waals surface area contributed by atoms with E-state index in [-0.39, 0.29) is 23.8 Å². The first-order valence-electron chi connectivity index (χ1n) is 10.4. The van der Waals surface area contributed by atoms with Crippen molar-refractivity contribution in [2.24, 2.45) is 5.92 Å². The largest absolute Gasteiger partial charge is 0.493 e. The van der Waals surface area contributed by atoms with E-state index in [9.17, 15) is 9.59 Å². The molecule has 0 saturated carbocycles. The molecule has 1 fully saturated rings. The lowest BCUT2D eigenvalue weighted by molar-refractivity contribution is -0.125. The first kappa shape index (κ1) is 23.7. The number of ether oxygens (including phenoxy) is 3. The van der Waals surface area contributed by atoms with E-state index in [1.807, 2.05) is 26.0 Å². The maximum absolute atomic E-state index is 13.2. The molecule has 1 aliphatic rings. The number of hydrogen-bond acceptors (Lipinski definition) is 5. The molecule has 2 atom stereocenters. The van der Waals surface area contributed by atoms with Gasteiger partial charge in [-0.05, 0) is 55.8 Å². The highest BCUT2D eigenvalue weighted by atomic mass is 35.5.